The van der Waals surface area contributed by atoms with Gasteiger partial charge in [-0.1, -0.05) is 36.4 Å². The average molecular weight is 497 g/mol. The number of carbonyl (C=O) groups excluding carboxylic acids is 2. The molecule has 2 N–H and O–H groups in total. The van der Waals surface area contributed by atoms with Gasteiger partial charge in [0, 0.05) is 69.5 Å². The number of aryl methyl sites for hydroxylation is 1. The quantitative estimate of drug-likeness (QED) is 0.378. The molecule has 0 radical (unpaired) electrons. The normalized spacial score (nSPS) is 20.4. The Hall–Kier alpha value is -3.68. The molecule has 0 bridgehead atoms. The second kappa shape index (κ2) is 7.91. The minimum atomic E-state index is -0.425. The molecule has 0 unspecified atom stereocenters. The number of nitrogens with one attached hydrogen (secondary N) is 1. The molecule has 2 aliphatic heterocycles. The van der Waals surface area contributed by atoms with Gasteiger partial charge in [-0.25, -0.2) is 0 Å². The van der Waals surface area contributed by atoms with E-state index in [2.05, 4.69) is 43.6 Å². The second-order valence-corrected chi connectivity index (χ2v) is 11.7. The highest BCUT2D eigenvalue weighted by molar-refractivity contribution is 6.50. The molecule has 0 aliphatic carbocycles. The van der Waals surface area contributed by atoms with Crippen molar-refractivity contribution in [3.8, 4) is 0 Å². The first-order valence-corrected chi connectivity index (χ1v) is 12.7. The number of aromatic nitrogens is 2. The van der Waals surface area contributed by atoms with Gasteiger partial charge in [0.15, 0.2) is 0 Å². The summed E-state index contributed by atoms with van der Waals surface area (Å²) in [5.74, 6) is -0.745. The minimum absolute atomic E-state index is 0.105. The summed E-state index contributed by atoms with van der Waals surface area (Å²) >= 11 is 0. The van der Waals surface area contributed by atoms with Crippen molar-refractivity contribution in [3.05, 3.63) is 72.1 Å². The van der Waals surface area contributed by atoms with E-state index in [1.54, 1.807) is 0 Å². The molecule has 1 fully saturated rings. The number of carbonyl (C=O) groups is 2. The fourth-order valence-electron chi connectivity index (χ4n) is 6.63. The molecule has 0 atom stereocenters. The molecule has 0 saturated carbocycles. The molecule has 2 aromatic carbocycles. The van der Waals surface area contributed by atoms with Gasteiger partial charge in [-0.15, -0.1) is 0 Å². The molecular formula is C30H32N4O3. The second-order valence-electron chi connectivity index (χ2n) is 11.7. The smallest absolute Gasteiger partial charge is 0.259 e. The number of amides is 2. The Balaban J connectivity index is 1.59. The van der Waals surface area contributed by atoms with E-state index in [1.165, 1.54) is 5.06 Å². The van der Waals surface area contributed by atoms with Crippen LogP contribution in [0.15, 0.2) is 60.9 Å². The van der Waals surface area contributed by atoms with E-state index in [1.807, 2.05) is 66.5 Å². The maximum atomic E-state index is 13.3. The van der Waals surface area contributed by atoms with Crippen LogP contribution in [0.4, 0.5) is 0 Å². The van der Waals surface area contributed by atoms with Gasteiger partial charge in [-0.3, -0.25) is 14.9 Å². The zero-order chi connectivity index (χ0) is 26.3. The maximum Gasteiger partial charge on any atom is 0.259 e. The highest BCUT2D eigenvalue weighted by Crippen LogP contribution is 2.45. The zero-order valence-electron chi connectivity index (χ0n) is 21.9. The van der Waals surface area contributed by atoms with Gasteiger partial charge in [-0.05, 0) is 52.7 Å². The standard InChI is InChI=1S/C30H32N4O3/c1-29(2)14-18(15-30(3,4)34(29)37)33-17-22(20-11-7-9-13-24(20)33)26-25(27(35)31-28(26)36)21-16-32(5)23-12-8-6-10-19(21)23/h6-13,16-18,37H,14-15H2,1-5H3,(H,31,35,36). The van der Waals surface area contributed by atoms with Crippen LogP contribution < -0.4 is 5.32 Å². The first kappa shape index (κ1) is 23.7. The number of piperidine rings is 1. The Morgan fingerprint density at radius 2 is 1.27 bits per heavy atom. The summed E-state index contributed by atoms with van der Waals surface area (Å²) in [7, 11) is 1.95. The van der Waals surface area contributed by atoms with Crippen LogP contribution in [-0.4, -0.2) is 42.3 Å². The van der Waals surface area contributed by atoms with Crippen LogP contribution in [0.2, 0.25) is 0 Å². The van der Waals surface area contributed by atoms with Crippen LogP contribution in [0.25, 0.3) is 33.0 Å². The summed E-state index contributed by atoms with van der Waals surface area (Å²) in [6.45, 7) is 8.21. The molecule has 37 heavy (non-hydrogen) atoms. The molecule has 4 heterocycles. The van der Waals surface area contributed by atoms with E-state index in [0.29, 0.717) is 11.1 Å². The SMILES string of the molecule is Cn1cc(C2=C(c3cn(C4CC(C)(C)N(O)C(C)(C)C4)c4ccccc34)C(=O)NC2=O)c2ccccc21. The van der Waals surface area contributed by atoms with Crippen molar-refractivity contribution in [1.82, 2.24) is 19.5 Å². The van der Waals surface area contributed by atoms with Crippen molar-refractivity contribution in [2.24, 2.45) is 7.05 Å². The van der Waals surface area contributed by atoms with Gasteiger partial charge in [-0.2, -0.15) is 5.06 Å². The predicted molar refractivity (Wildman–Crippen MR) is 145 cm³/mol. The number of imide groups is 1. The highest BCUT2D eigenvalue weighted by Gasteiger charge is 2.46. The number of fused-ring (bicyclic) bond motifs is 2. The lowest BCUT2D eigenvalue weighted by atomic mass is 9.79. The number of hydrogen-bond donors (Lipinski definition) is 2. The summed E-state index contributed by atoms with van der Waals surface area (Å²) in [5, 5.41) is 16.8. The van der Waals surface area contributed by atoms with E-state index < -0.39 is 11.1 Å². The number of hydroxylamine groups is 2. The van der Waals surface area contributed by atoms with Crippen LogP contribution in [-0.2, 0) is 16.6 Å². The summed E-state index contributed by atoms with van der Waals surface area (Å²) in [4.78, 5) is 26.6. The van der Waals surface area contributed by atoms with Crippen LogP contribution >= 0.6 is 0 Å². The van der Waals surface area contributed by atoms with Gasteiger partial charge in [0.25, 0.3) is 11.8 Å². The molecule has 0 spiro atoms. The Morgan fingerprint density at radius 1 is 0.784 bits per heavy atom. The van der Waals surface area contributed by atoms with Crippen molar-refractivity contribution in [2.45, 2.75) is 57.7 Å². The fraction of sp³-hybridized carbons (Fsp3) is 0.333. The largest absolute Gasteiger partial charge is 0.350 e. The lowest BCUT2D eigenvalue weighted by Crippen LogP contribution is -2.59. The first-order chi connectivity index (χ1) is 17.5. The third-order valence-corrected chi connectivity index (χ3v) is 8.12. The maximum absolute atomic E-state index is 13.3. The summed E-state index contributed by atoms with van der Waals surface area (Å²) in [6.07, 6.45) is 5.45. The van der Waals surface area contributed by atoms with E-state index in [4.69, 9.17) is 0 Å². The lowest BCUT2D eigenvalue weighted by molar-refractivity contribution is -0.248. The van der Waals surface area contributed by atoms with Crippen molar-refractivity contribution >= 4 is 44.8 Å². The van der Waals surface area contributed by atoms with Crippen LogP contribution in [0.1, 0.15) is 57.7 Å². The zero-order valence-corrected chi connectivity index (χ0v) is 21.9. The van der Waals surface area contributed by atoms with E-state index in [0.717, 1.165) is 45.8 Å². The first-order valence-electron chi connectivity index (χ1n) is 12.7. The van der Waals surface area contributed by atoms with Gasteiger partial charge >= 0.3 is 0 Å². The molecule has 7 heteroatoms. The third kappa shape index (κ3) is 3.49. The Labute approximate surface area is 215 Å². The van der Waals surface area contributed by atoms with Crippen molar-refractivity contribution in [2.75, 3.05) is 0 Å². The number of nitrogens with zero attached hydrogens (tertiary/aromatic N) is 3. The lowest BCUT2D eigenvalue weighted by Gasteiger charge is -2.51. The average Bonchev–Trinajstić information content (AvgIpc) is 3.48. The van der Waals surface area contributed by atoms with Crippen molar-refractivity contribution in [3.63, 3.8) is 0 Å². The van der Waals surface area contributed by atoms with Crippen LogP contribution in [0, 0.1) is 0 Å². The topological polar surface area (TPSA) is 79.5 Å². The molecular weight excluding hydrogens is 464 g/mol. The predicted octanol–water partition coefficient (Wildman–Crippen LogP) is 5.28. The third-order valence-electron chi connectivity index (χ3n) is 8.12. The van der Waals surface area contributed by atoms with Crippen molar-refractivity contribution in [1.29, 1.82) is 0 Å². The molecule has 4 aromatic rings. The Bertz CT molecular complexity index is 1620. The summed E-state index contributed by atoms with van der Waals surface area (Å²) in [5.41, 5.74) is 3.49. The number of rotatable bonds is 3. The summed E-state index contributed by atoms with van der Waals surface area (Å²) in [6, 6.07) is 16.1. The van der Waals surface area contributed by atoms with Crippen molar-refractivity contribution < 1.29 is 14.8 Å². The Morgan fingerprint density at radius 3 is 1.86 bits per heavy atom. The Kier molecular flexibility index (Phi) is 5.07. The molecule has 1 saturated heterocycles. The summed E-state index contributed by atoms with van der Waals surface area (Å²) < 4.78 is 4.23. The number of benzene rings is 2. The monoisotopic (exact) mass is 496 g/mol. The highest BCUT2D eigenvalue weighted by atomic mass is 16.5. The molecule has 2 aliphatic rings. The van der Waals surface area contributed by atoms with Gasteiger partial charge < -0.3 is 14.3 Å². The molecule has 2 amide bonds. The van der Waals surface area contributed by atoms with Gasteiger partial charge in [0.2, 0.25) is 0 Å². The van der Waals surface area contributed by atoms with E-state index >= 15 is 0 Å². The number of hydrogen-bond acceptors (Lipinski definition) is 4. The van der Waals surface area contributed by atoms with Crippen LogP contribution in [0.3, 0.4) is 0 Å². The minimum Gasteiger partial charge on any atom is -0.350 e. The molecule has 190 valence electrons. The van der Waals surface area contributed by atoms with Gasteiger partial charge in [0.1, 0.15) is 0 Å². The van der Waals surface area contributed by atoms with E-state index in [9.17, 15) is 14.8 Å². The molecule has 7 nitrogen and oxygen atoms in total. The van der Waals surface area contributed by atoms with Crippen LogP contribution in [0.5, 0.6) is 0 Å². The molecule has 2 aromatic heterocycles. The fourth-order valence-corrected chi connectivity index (χ4v) is 6.63. The number of para-hydroxylation sites is 2. The molecule has 6 rings (SSSR count). The van der Waals surface area contributed by atoms with Gasteiger partial charge in [0.05, 0.1) is 11.1 Å². The van der Waals surface area contributed by atoms with E-state index in [-0.39, 0.29) is 17.9 Å².